The van der Waals surface area contributed by atoms with E-state index in [4.69, 9.17) is 4.43 Å². The van der Waals surface area contributed by atoms with E-state index >= 15 is 0 Å². The normalized spacial score (nSPS) is 15.1. The number of hydrogen-bond donors (Lipinski definition) is 2. The number of H-pyrrole nitrogens is 1. The summed E-state index contributed by atoms with van der Waals surface area (Å²) in [4.78, 5) is 4.03. The summed E-state index contributed by atoms with van der Waals surface area (Å²) in [5.74, 6) is -0.888. The molecule has 2 atom stereocenters. The monoisotopic (exact) mass is 447 g/mol. The van der Waals surface area contributed by atoms with Crippen LogP contribution in [0.2, 0.25) is 18.1 Å². The predicted octanol–water partition coefficient (Wildman–Crippen LogP) is 5.03. The molecule has 1 heterocycles. The highest BCUT2D eigenvalue weighted by Gasteiger charge is 2.40. The molecule has 1 aromatic heterocycles. The summed E-state index contributed by atoms with van der Waals surface area (Å²) in [6.45, 7) is 10.2. The van der Waals surface area contributed by atoms with E-state index in [1.165, 1.54) is 0 Å². The number of hydrogen-bond acceptors (Lipinski definition) is 4. The fourth-order valence-corrected chi connectivity index (χ4v) is 3.82. The summed E-state index contributed by atoms with van der Waals surface area (Å²) in [7, 11) is -2.31. The number of nitrogens with one attached hydrogen (secondary N) is 1. The first kappa shape index (κ1) is 21.1. The highest BCUT2D eigenvalue weighted by Crippen LogP contribution is 2.42. The molecule has 0 saturated carbocycles. The summed E-state index contributed by atoms with van der Waals surface area (Å²) in [6, 6.07) is 3.26. The van der Waals surface area contributed by atoms with Gasteiger partial charge in [-0.05, 0) is 52.3 Å². The van der Waals surface area contributed by atoms with Gasteiger partial charge >= 0.3 is 0 Å². The van der Waals surface area contributed by atoms with Crippen LogP contribution in [0.15, 0.2) is 22.9 Å². The predicted molar refractivity (Wildman–Crippen MR) is 101 cm³/mol. The first-order valence-corrected chi connectivity index (χ1v) is 12.0. The van der Waals surface area contributed by atoms with E-state index in [1.807, 2.05) is 13.1 Å². The van der Waals surface area contributed by atoms with Gasteiger partial charge in [0.05, 0.1) is 6.10 Å². The van der Waals surface area contributed by atoms with Gasteiger partial charge in [0, 0.05) is 12.0 Å². The van der Waals surface area contributed by atoms with E-state index in [2.05, 4.69) is 51.9 Å². The van der Waals surface area contributed by atoms with Crippen molar-refractivity contribution in [3.05, 3.63) is 46.0 Å². The number of aliphatic hydroxyl groups excluding tert-OH is 1. The lowest BCUT2D eigenvalue weighted by molar-refractivity contribution is 0.0791. The molecule has 2 aromatic rings. The van der Waals surface area contributed by atoms with Gasteiger partial charge in [0.1, 0.15) is 17.7 Å². The number of rotatable bonds is 6. The van der Waals surface area contributed by atoms with Crippen LogP contribution in [-0.2, 0) is 4.43 Å². The third-order valence-corrected chi connectivity index (χ3v) is 9.62. The molecule has 2 N–H and O–H groups in total. The van der Waals surface area contributed by atoms with Crippen molar-refractivity contribution < 1.29 is 18.3 Å². The van der Waals surface area contributed by atoms with Crippen LogP contribution < -0.4 is 0 Å². The Morgan fingerprint density at radius 3 is 2.50 bits per heavy atom. The fraction of sp³-hybridized carbons (Fsp3) is 0.529. The molecule has 0 aliphatic heterocycles. The van der Waals surface area contributed by atoms with E-state index in [0.717, 1.165) is 18.2 Å². The Morgan fingerprint density at radius 1 is 1.31 bits per heavy atom. The number of nitrogens with zero attached hydrogens (tertiary/aromatic N) is 2. The molecule has 9 heteroatoms. The molecule has 0 bridgehead atoms. The summed E-state index contributed by atoms with van der Waals surface area (Å²) in [6.07, 6.45) is -1.86. The molecule has 0 amide bonds. The Hall–Kier alpha value is -1.16. The summed E-state index contributed by atoms with van der Waals surface area (Å²) >= 11 is 3.11. The number of benzene rings is 1. The van der Waals surface area contributed by atoms with Crippen molar-refractivity contribution >= 4 is 24.2 Å². The molecule has 0 aliphatic rings. The van der Waals surface area contributed by atoms with Gasteiger partial charge < -0.3 is 9.53 Å². The lowest BCUT2D eigenvalue weighted by Gasteiger charge is -2.39. The zero-order valence-corrected chi connectivity index (χ0v) is 18.1. The van der Waals surface area contributed by atoms with E-state index in [1.54, 1.807) is 0 Å². The van der Waals surface area contributed by atoms with Crippen molar-refractivity contribution in [2.45, 2.75) is 57.5 Å². The van der Waals surface area contributed by atoms with Crippen molar-refractivity contribution in [1.82, 2.24) is 15.2 Å². The highest BCUT2D eigenvalue weighted by atomic mass is 79.9. The van der Waals surface area contributed by atoms with Crippen molar-refractivity contribution in [3.63, 3.8) is 0 Å². The molecule has 0 radical (unpaired) electrons. The minimum absolute atomic E-state index is 0.0223. The Labute approximate surface area is 161 Å². The minimum Gasteiger partial charge on any atom is -0.410 e. The standard InChI is InChI=1S/C17H24BrF2N3O2Si/c1-17(2,3)26(4,5)25-14(11-8-10(19)6-7-12(11)20)9-13(24)15-21-16(18)23-22-15/h6-8,13-14,24H,9H2,1-5H3,(H,21,22,23). The average Bonchev–Trinajstić information content (AvgIpc) is 2.94. The molecular formula is C17H24BrF2N3O2Si. The van der Waals surface area contributed by atoms with Gasteiger partial charge in [0.2, 0.25) is 4.73 Å². The maximum absolute atomic E-state index is 14.4. The van der Waals surface area contributed by atoms with Crippen molar-refractivity contribution in [2.24, 2.45) is 0 Å². The lowest BCUT2D eigenvalue weighted by atomic mass is 10.0. The fourth-order valence-electron chi connectivity index (χ4n) is 2.25. The van der Waals surface area contributed by atoms with Crippen LogP contribution in [0.5, 0.6) is 0 Å². The Bertz CT molecular complexity index is 765. The molecule has 2 unspecified atom stereocenters. The number of aromatic amines is 1. The van der Waals surface area contributed by atoms with E-state index in [0.29, 0.717) is 4.73 Å². The van der Waals surface area contributed by atoms with Crippen LogP contribution in [0.4, 0.5) is 8.78 Å². The molecule has 0 saturated heterocycles. The topological polar surface area (TPSA) is 71.0 Å². The largest absolute Gasteiger partial charge is 0.410 e. The molecule has 2 rings (SSSR count). The molecule has 144 valence electrons. The first-order chi connectivity index (χ1) is 11.9. The molecule has 0 fully saturated rings. The molecule has 1 aromatic carbocycles. The number of aromatic nitrogens is 3. The van der Waals surface area contributed by atoms with Crippen LogP contribution in [-0.4, -0.2) is 28.6 Å². The van der Waals surface area contributed by atoms with Gasteiger partial charge in [0.25, 0.3) is 0 Å². The highest BCUT2D eigenvalue weighted by molar-refractivity contribution is 9.10. The number of halogens is 3. The maximum atomic E-state index is 14.4. The summed E-state index contributed by atoms with van der Waals surface area (Å²) < 4.78 is 34.8. The van der Waals surface area contributed by atoms with Gasteiger partial charge in [-0.15, -0.1) is 5.10 Å². The van der Waals surface area contributed by atoms with Crippen LogP contribution in [0, 0.1) is 11.6 Å². The van der Waals surface area contributed by atoms with Gasteiger partial charge in [-0.1, -0.05) is 20.8 Å². The molecule has 0 aliphatic carbocycles. The second-order valence-corrected chi connectivity index (χ2v) is 13.2. The van der Waals surface area contributed by atoms with Crippen molar-refractivity contribution in [1.29, 1.82) is 0 Å². The quantitative estimate of drug-likeness (QED) is 0.608. The SMILES string of the molecule is CC(C)(C)[Si](C)(C)OC(CC(O)c1nc(Br)n[nH]1)c1cc(F)ccc1F. The first-order valence-electron chi connectivity index (χ1n) is 8.29. The molecule has 0 spiro atoms. The Morgan fingerprint density at radius 2 is 1.96 bits per heavy atom. The van der Waals surface area contributed by atoms with Gasteiger partial charge in [-0.3, -0.25) is 5.10 Å². The van der Waals surface area contributed by atoms with Gasteiger partial charge in [0.15, 0.2) is 14.1 Å². The third-order valence-electron chi connectivity index (χ3n) is 4.78. The second kappa shape index (κ2) is 7.83. The smallest absolute Gasteiger partial charge is 0.217 e. The summed E-state index contributed by atoms with van der Waals surface area (Å²) in [5.41, 5.74) is 0.0902. The average molecular weight is 448 g/mol. The zero-order chi connectivity index (χ0) is 19.7. The van der Waals surface area contributed by atoms with Gasteiger partial charge in [-0.25, -0.2) is 13.8 Å². The maximum Gasteiger partial charge on any atom is 0.217 e. The van der Waals surface area contributed by atoms with E-state index in [-0.39, 0.29) is 22.8 Å². The Kier molecular flexibility index (Phi) is 6.37. The van der Waals surface area contributed by atoms with Crippen LogP contribution in [0.25, 0.3) is 0 Å². The molecule has 5 nitrogen and oxygen atoms in total. The van der Waals surface area contributed by atoms with E-state index in [9.17, 15) is 13.9 Å². The minimum atomic E-state index is -2.31. The van der Waals surface area contributed by atoms with Crippen molar-refractivity contribution in [3.8, 4) is 0 Å². The van der Waals surface area contributed by atoms with Gasteiger partial charge in [-0.2, -0.15) is 0 Å². The lowest BCUT2D eigenvalue weighted by Crippen LogP contribution is -2.42. The van der Waals surface area contributed by atoms with Crippen LogP contribution in [0.3, 0.4) is 0 Å². The van der Waals surface area contributed by atoms with E-state index < -0.39 is 32.2 Å². The number of aliphatic hydroxyl groups is 1. The van der Waals surface area contributed by atoms with Crippen LogP contribution >= 0.6 is 15.9 Å². The third kappa shape index (κ3) is 4.96. The molecule has 26 heavy (non-hydrogen) atoms. The Balaban J connectivity index is 2.36. The zero-order valence-electron chi connectivity index (χ0n) is 15.5. The van der Waals surface area contributed by atoms with Crippen LogP contribution in [0.1, 0.15) is 50.8 Å². The second-order valence-electron chi connectivity index (χ2n) is 7.77. The molecular weight excluding hydrogens is 424 g/mol. The summed E-state index contributed by atoms with van der Waals surface area (Å²) in [5, 5.41) is 16.8. The van der Waals surface area contributed by atoms with Crippen molar-refractivity contribution in [2.75, 3.05) is 0 Å².